The van der Waals surface area contributed by atoms with Gasteiger partial charge in [0.15, 0.2) is 11.5 Å². The number of hydrogen-bond acceptors (Lipinski definition) is 4. The molecule has 0 aliphatic carbocycles. The molecule has 6 heteroatoms. The standard InChI is InChI=1S/C11H11N3O3/c1-14-6-8(5-13-14)17-10-3-2-7(11(15)16)4-9(10)12/h2-6H,12H2,1H3,(H,15,16). The number of anilines is 1. The molecule has 0 radical (unpaired) electrons. The molecule has 1 aromatic heterocycles. The van der Waals surface area contributed by atoms with Gasteiger partial charge >= 0.3 is 5.97 Å². The van der Waals surface area contributed by atoms with Crippen molar-refractivity contribution in [1.29, 1.82) is 0 Å². The van der Waals surface area contributed by atoms with Crippen LogP contribution in [0.4, 0.5) is 5.69 Å². The highest BCUT2D eigenvalue weighted by Crippen LogP contribution is 2.27. The number of nitrogen functional groups attached to an aromatic ring is 1. The Bertz CT molecular complexity index is 563. The first kappa shape index (κ1) is 11.0. The Morgan fingerprint density at radius 3 is 2.82 bits per heavy atom. The van der Waals surface area contributed by atoms with Gasteiger partial charge in [0.1, 0.15) is 0 Å². The highest BCUT2D eigenvalue weighted by atomic mass is 16.5. The smallest absolute Gasteiger partial charge is 0.335 e. The van der Waals surface area contributed by atoms with Crippen LogP contribution in [0.25, 0.3) is 0 Å². The minimum Gasteiger partial charge on any atom is -0.478 e. The fourth-order valence-electron chi connectivity index (χ4n) is 1.35. The zero-order valence-electron chi connectivity index (χ0n) is 9.12. The van der Waals surface area contributed by atoms with Gasteiger partial charge in [-0.2, -0.15) is 5.10 Å². The predicted octanol–water partition coefficient (Wildman–Crippen LogP) is 1.49. The SMILES string of the molecule is Cn1cc(Oc2ccc(C(=O)O)cc2N)cn1. The monoisotopic (exact) mass is 233 g/mol. The molecular weight excluding hydrogens is 222 g/mol. The predicted molar refractivity (Wildman–Crippen MR) is 61.1 cm³/mol. The summed E-state index contributed by atoms with van der Waals surface area (Å²) in [5, 5.41) is 12.7. The molecule has 17 heavy (non-hydrogen) atoms. The van der Waals surface area contributed by atoms with Crippen molar-refractivity contribution in [3.05, 3.63) is 36.2 Å². The average Bonchev–Trinajstić information content (AvgIpc) is 2.67. The van der Waals surface area contributed by atoms with E-state index in [4.69, 9.17) is 15.6 Å². The van der Waals surface area contributed by atoms with Gasteiger partial charge in [0.25, 0.3) is 0 Å². The van der Waals surface area contributed by atoms with Crippen LogP contribution in [0.15, 0.2) is 30.6 Å². The van der Waals surface area contributed by atoms with E-state index in [1.54, 1.807) is 24.1 Å². The maximum Gasteiger partial charge on any atom is 0.335 e. The van der Waals surface area contributed by atoms with E-state index in [-0.39, 0.29) is 11.3 Å². The average molecular weight is 233 g/mol. The van der Waals surface area contributed by atoms with Gasteiger partial charge in [-0.25, -0.2) is 4.79 Å². The Balaban J connectivity index is 2.25. The number of ether oxygens (including phenoxy) is 1. The van der Waals surface area contributed by atoms with Gasteiger partial charge in [-0.3, -0.25) is 4.68 Å². The van der Waals surface area contributed by atoms with Crippen LogP contribution in [-0.4, -0.2) is 20.9 Å². The molecule has 6 nitrogen and oxygen atoms in total. The van der Waals surface area contributed by atoms with E-state index in [1.165, 1.54) is 18.2 Å². The quantitative estimate of drug-likeness (QED) is 0.784. The second-order valence-electron chi connectivity index (χ2n) is 3.51. The summed E-state index contributed by atoms with van der Waals surface area (Å²) in [7, 11) is 1.77. The number of carboxylic acids is 1. The molecule has 88 valence electrons. The molecule has 0 atom stereocenters. The molecule has 0 amide bonds. The van der Waals surface area contributed by atoms with Crippen LogP contribution in [0, 0.1) is 0 Å². The van der Waals surface area contributed by atoms with Gasteiger partial charge < -0.3 is 15.6 Å². The molecular formula is C11H11N3O3. The lowest BCUT2D eigenvalue weighted by atomic mass is 10.2. The number of nitrogens with zero attached hydrogens (tertiary/aromatic N) is 2. The third-order valence-electron chi connectivity index (χ3n) is 2.17. The molecule has 0 spiro atoms. The summed E-state index contributed by atoms with van der Waals surface area (Å²) >= 11 is 0. The zero-order valence-corrected chi connectivity index (χ0v) is 9.12. The van der Waals surface area contributed by atoms with E-state index in [0.717, 1.165) is 0 Å². The van der Waals surface area contributed by atoms with Crippen molar-refractivity contribution in [2.75, 3.05) is 5.73 Å². The van der Waals surface area contributed by atoms with E-state index in [2.05, 4.69) is 5.10 Å². The minimum absolute atomic E-state index is 0.126. The number of nitrogens with two attached hydrogens (primary N) is 1. The molecule has 0 bridgehead atoms. The first-order valence-corrected chi connectivity index (χ1v) is 4.85. The topological polar surface area (TPSA) is 90.4 Å². The number of aryl methyl sites for hydroxylation is 1. The second kappa shape index (κ2) is 4.17. The number of benzene rings is 1. The Hall–Kier alpha value is -2.50. The number of aromatic nitrogens is 2. The summed E-state index contributed by atoms with van der Waals surface area (Å²) in [6, 6.07) is 4.31. The number of hydrogen-bond donors (Lipinski definition) is 2. The van der Waals surface area contributed by atoms with Gasteiger partial charge in [-0.1, -0.05) is 0 Å². The molecule has 0 aliphatic heterocycles. The fourth-order valence-corrected chi connectivity index (χ4v) is 1.35. The number of rotatable bonds is 3. The lowest BCUT2D eigenvalue weighted by Gasteiger charge is -2.06. The third-order valence-corrected chi connectivity index (χ3v) is 2.17. The number of carboxylic acid groups (broad SMARTS) is 1. The van der Waals surface area contributed by atoms with Crippen LogP contribution in [-0.2, 0) is 7.05 Å². The molecule has 0 saturated carbocycles. The fraction of sp³-hybridized carbons (Fsp3) is 0.0909. The summed E-state index contributed by atoms with van der Waals surface area (Å²) in [6.07, 6.45) is 3.23. The maximum atomic E-state index is 10.7. The maximum absolute atomic E-state index is 10.7. The van der Waals surface area contributed by atoms with Gasteiger partial charge in [-0.05, 0) is 18.2 Å². The first-order valence-electron chi connectivity index (χ1n) is 4.85. The molecule has 2 aromatic rings. The first-order chi connectivity index (χ1) is 8.06. The molecule has 3 N–H and O–H groups in total. The Kier molecular flexibility index (Phi) is 2.70. The van der Waals surface area contributed by atoms with E-state index in [9.17, 15) is 4.79 Å². The van der Waals surface area contributed by atoms with Crippen molar-refractivity contribution in [1.82, 2.24) is 9.78 Å². The van der Waals surface area contributed by atoms with Gasteiger partial charge in [0.05, 0.1) is 23.6 Å². The van der Waals surface area contributed by atoms with Crippen molar-refractivity contribution >= 4 is 11.7 Å². The summed E-state index contributed by atoms with van der Waals surface area (Å²) in [5.74, 6) is -0.0742. The molecule has 0 fully saturated rings. The summed E-state index contributed by atoms with van der Waals surface area (Å²) in [4.78, 5) is 10.7. The van der Waals surface area contributed by atoms with Crippen LogP contribution < -0.4 is 10.5 Å². The summed E-state index contributed by atoms with van der Waals surface area (Å²) in [6.45, 7) is 0. The minimum atomic E-state index is -1.02. The highest BCUT2D eigenvalue weighted by molar-refractivity contribution is 5.89. The van der Waals surface area contributed by atoms with E-state index in [0.29, 0.717) is 11.5 Å². The summed E-state index contributed by atoms with van der Waals surface area (Å²) < 4.78 is 7.06. The van der Waals surface area contributed by atoms with Crippen molar-refractivity contribution in [2.45, 2.75) is 0 Å². The van der Waals surface area contributed by atoms with Crippen LogP contribution >= 0.6 is 0 Å². The Labute approximate surface area is 97.2 Å². The van der Waals surface area contributed by atoms with E-state index < -0.39 is 5.97 Å². The van der Waals surface area contributed by atoms with Crippen LogP contribution in [0.1, 0.15) is 10.4 Å². The zero-order chi connectivity index (χ0) is 12.4. The number of carbonyl (C=O) groups is 1. The largest absolute Gasteiger partial charge is 0.478 e. The van der Waals surface area contributed by atoms with Crippen molar-refractivity contribution in [2.24, 2.45) is 7.05 Å². The Morgan fingerprint density at radius 2 is 2.29 bits per heavy atom. The third kappa shape index (κ3) is 2.36. The van der Waals surface area contributed by atoms with Crippen LogP contribution in [0.5, 0.6) is 11.5 Å². The lowest BCUT2D eigenvalue weighted by Crippen LogP contribution is -1.99. The van der Waals surface area contributed by atoms with Gasteiger partial charge in [0.2, 0.25) is 0 Å². The van der Waals surface area contributed by atoms with Crippen molar-refractivity contribution in [3.8, 4) is 11.5 Å². The van der Waals surface area contributed by atoms with E-state index >= 15 is 0 Å². The molecule has 0 saturated heterocycles. The summed E-state index contributed by atoms with van der Waals surface area (Å²) in [5.41, 5.74) is 6.10. The van der Waals surface area contributed by atoms with Gasteiger partial charge in [0, 0.05) is 7.05 Å². The molecule has 0 unspecified atom stereocenters. The highest BCUT2D eigenvalue weighted by Gasteiger charge is 2.08. The lowest BCUT2D eigenvalue weighted by molar-refractivity contribution is 0.0697. The van der Waals surface area contributed by atoms with Crippen LogP contribution in [0.2, 0.25) is 0 Å². The normalized spacial score (nSPS) is 10.2. The molecule has 1 aromatic carbocycles. The number of aromatic carboxylic acids is 1. The molecule has 0 aliphatic rings. The molecule has 1 heterocycles. The van der Waals surface area contributed by atoms with Crippen molar-refractivity contribution in [3.63, 3.8) is 0 Å². The van der Waals surface area contributed by atoms with Crippen molar-refractivity contribution < 1.29 is 14.6 Å². The Morgan fingerprint density at radius 1 is 1.53 bits per heavy atom. The molecule has 2 rings (SSSR count). The second-order valence-corrected chi connectivity index (χ2v) is 3.51. The van der Waals surface area contributed by atoms with E-state index in [1.807, 2.05) is 0 Å². The van der Waals surface area contributed by atoms with Gasteiger partial charge in [-0.15, -0.1) is 0 Å². The van der Waals surface area contributed by atoms with Crippen LogP contribution in [0.3, 0.4) is 0 Å².